The highest BCUT2D eigenvalue weighted by Crippen LogP contribution is 2.44. The lowest BCUT2D eigenvalue weighted by molar-refractivity contribution is -0.135. The summed E-state index contributed by atoms with van der Waals surface area (Å²) in [6.07, 6.45) is 9.23. The summed E-state index contributed by atoms with van der Waals surface area (Å²) in [6, 6.07) is 17.9. The number of benzene rings is 2. The second-order valence-electron chi connectivity index (χ2n) is 11.8. The maximum Gasteiger partial charge on any atom is 0.160 e. The first-order chi connectivity index (χ1) is 22.4. The van der Waals surface area contributed by atoms with E-state index in [1.165, 1.54) is 13.2 Å². The summed E-state index contributed by atoms with van der Waals surface area (Å²) in [4.78, 5) is 36.0. The van der Waals surface area contributed by atoms with Gasteiger partial charge in [-0.3, -0.25) is 9.59 Å². The molecule has 0 saturated carbocycles. The van der Waals surface area contributed by atoms with Gasteiger partial charge in [-0.15, -0.1) is 5.69 Å². The Labute approximate surface area is 269 Å². The van der Waals surface area contributed by atoms with Crippen molar-refractivity contribution < 1.29 is 29.6 Å². The normalized spacial score (nSPS) is 16.3. The number of nitrogens with one attached hydrogen (secondary N) is 1. The van der Waals surface area contributed by atoms with Gasteiger partial charge in [0.1, 0.15) is 11.5 Å². The van der Waals surface area contributed by atoms with Crippen LogP contribution in [0.15, 0.2) is 78.6 Å². The van der Waals surface area contributed by atoms with Crippen LogP contribution in [0.5, 0.6) is 17.2 Å². The average Bonchev–Trinajstić information content (AvgIpc) is 3.76. The molecule has 2 aromatic carbocycles. The molecule has 9 heteroatoms. The number of Topliss-reactive ketones (excluding diaryl/α,β-unsaturated/α-hetero) is 2. The van der Waals surface area contributed by atoms with Crippen LogP contribution >= 0.6 is 0 Å². The van der Waals surface area contributed by atoms with E-state index in [9.17, 15) is 24.9 Å². The predicted octanol–water partition coefficient (Wildman–Crippen LogP) is 6.38. The fourth-order valence-electron chi connectivity index (χ4n) is 6.47. The number of aromatic amines is 1. The summed E-state index contributed by atoms with van der Waals surface area (Å²) >= 11 is 0. The van der Waals surface area contributed by atoms with Gasteiger partial charge in [0.25, 0.3) is 0 Å². The largest absolute Gasteiger partial charge is 0.664 e. The van der Waals surface area contributed by atoms with Gasteiger partial charge in [0, 0.05) is 18.9 Å². The molecule has 0 aliphatic heterocycles. The number of aromatic hydroxyl groups is 2. The molecule has 0 bridgehead atoms. The minimum Gasteiger partial charge on any atom is -0.664 e. The van der Waals surface area contributed by atoms with Crippen LogP contribution in [0, 0.1) is 11.8 Å². The van der Waals surface area contributed by atoms with E-state index in [0.717, 1.165) is 47.2 Å². The molecule has 2 heterocycles. The number of H-pyrrole nitrogens is 1. The molecule has 0 saturated heterocycles. The molecular weight excluding hydrogens is 582 g/mol. The lowest BCUT2D eigenvalue weighted by Gasteiger charge is -2.37. The van der Waals surface area contributed by atoms with Gasteiger partial charge in [0.2, 0.25) is 0 Å². The summed E-state index contributed by atoms with van der Waals surface area (Å²) in [6.45, 7) is -0.0120. The van der Waals surface area contributed by atoms with Crippen molar-refractivity contribution in [3.05, 3.63) is 106 Å². The fourth-order valence-corrected chi connectivity index (χ4v) is 6.47. The van der Waals surface area contributed by atoms with Gasteiger partial charge in [0.15, 0.2) is 17.3 Å². The van der Waals surface area contributed by atoms with E-state index in [-0.39, 0.29) is 55.0 Å². The molecular formula is C37H41N3O6-2. The first kappa shape index (κ1) is 32.6. The smallest absolute Gasteiger partial charge is 0.160 e. The number of phenolic OH excluding ortho intramolecular Hbond substituents is 2. The predicted molar refractivity (Wildman–Crippen MR) is 176 cm³/mol. The van der Waals surface area contributed by atoms with E-state index < -0.39 is 11.8 Å². The number of unbranched alkanes of at least 4 members (excludes halogenated alkanes) is 1. The zero-order chi connectivity index (χ0) is 32.5. The van der Waals surface area contributed by atoms with Crippen LogP contribution in [0.3, 0.4) is 0 Å². The van der Waals surface area contributed by atoms with E-state index in [2.05, 4.69) is 9.97 Å². The molecule has 0 unspecified atom stereocenters. The number of hydrogen-bond donors (Lipinski definition) is 4. The van der Waals surface area contributed by atoms with E-state index in [0.29, 0.717) is 24.4 Å². The van der Waals surface area contributed by atoms with Crippen LogP contribution in [0.1, 0.15) is 60.4 Å². The summed E-state index contributed by atoms with van der Waals surface area (Å²) in [5.74, 6) is -0.892. The molecule has 46 heavy (non-hydrogen) atoms. The van der Waals surface area contributed by atoms with Gasteiger partial charge in [-0.2, -0.15) is 6.20 Å². The Bertz CT molecular complexity index is 1640. The number of hydrogen-bond acceptors (Lipinski definition) is 6. The van der Waals surface area contributed by atoms with E-state index >= 15 is 0 Å². The Morgan fingerprint density at radius 3 is 2.63 bits per heavy atom. The highest BCUT2D eigenvalue weighted by atomic mass is 16.5. The molecule has 242 valence electrons. The lowest BCUT2D eigenvalue weighted by atomic mass is 9.69. The molecule has 0 amide bonds. The molecule has 1 aliphatic carbocycles. The number of rotatable bonds is 17. The van der Waals surface area contributed by atoms with Crippen molar-refractivity contribution in [2.45, 2.75) is 50.9 Å². The number of aromatic nitrogens is 2. The molecule has 1 aliphatic rings. The summed E-state index contributed by atoms with van der Waals surface area (Å²) in [5.41, 5.74) is 4.48. The summed E-state index contributed by atoms with van der Waals surface area (Å²) < 4.78 is 5.21. The molecule has 0 fully saturated rings. The Morgan fingerprint density at radius 1 is 1.02 bits per heavy atom. The Hall–Kier alpha value is -4.76. The van der Waals surface area contributed by atoms with Crippen LogP contribution < -0.4 is 9.72 Å². The van der Waals surface area contributed by atoms with Crippen molar-refractivity contribution >= 4 is 23.5 Å². The number of carbonyl (C=O) groups is 2. The molecule has 9 nitrogen and oxygen atoms in total. The van der Waals surface area contributed by atoms with Gasteiger partial charge >= 0.3 is 0 Å². The third kappa shape index (κ3) is 7.90. The molecule has 0 spiro atoms. The van der Waals surface area contributed by atoms with Gasteiger partial charge < -0.3 is 35.3 Å². The van der Waals surface area contributed by atoms with Crippen molar-refractivity contribution in [3.63, 3.8) is 0 Å². The van der Waals surface area contributed by atoms with Crippen molar-refractivity contribution in [3.8, 4) is 17.2 Å². The highest BCUT2D eigenvalue weighted by molar-refractivity contribution is 6.05. The number of ether oxygens (including phenoxy) is 1. The average molecular weight is 624 g/mol. The Kier molecular flexibility index (Phi) is 11.0. The van der Waals surface area contributed by atoms with Crippen LogP contribution in [-0.2, 0) is 22.4 Å². The number of nitrogens with zero attached hydrogens (tertiary/aromatic N) is 2. The number of aliphatic hydroxyl groups excluding tert-OH is 1. The number of aryl methyl sites for hydroxylation is 2. The molecule has 2 aromatic heterocycles. The maximum absolute atomic E-state index is 14.6. The zero-order valence-corrected chi connectivity index (χ0v) is 26.1. The Morgan fingerprint density at radius 2 is 1.87 bits per heavy atom. The molecule has 0 radical (unpaired) electrons. The summed E-state index contributed by atoms with van der Waals surface area (Å²) in [5, 5.41) is 34.5. The molecule has 5 rings (SSSR count). The third-order valence-corrected chi connectivity index (χ3v) is 8.80. The quantitative estimate of drug-likeness (QED) is 0.0788. The number of aliphatic hydroxyl groups is 1. The number of fused-ring (bicyclic) bond motifs is 1. The molecule has 4 aromatic rings. The van der Waals surface area contributed by atoms with Crippen LogP contribution in [-0.4, -0.2) is 52.1 Å². The molecule has 3 atom stereocenters. The first-order valence-corrected chi connectivity index (χ1v) is 15.8. The third-order valence-electron chi connectivity index (χ3n) is 8.80. The van der Waals surface area contributed by atoms with E-state index in [1.54, 1.807) is 36.7 Å². The van der Waals surface area contributed by atoms with E-state index in [4.69, 9.17) is 10.1 Å². The number of methoxy groups -OCH3 is 1. The molecule has 4 N–H and O–H groups in total. The van der Waals surface area contributed by atoms with Crippen LogP contribution in [0.2, 0.25) is 0 Å². The second-order valence-corrected chi connectivity index (χ2v) is 11.8. The van der Waals surface area contributed by atoms with Crippen molar-refractivity contribution in [1.82, 2.24) is 9.97 Å². The minimum atomic E-state index is -0.970. The maximum atomic E-state index is 14.6. The monoisotopic (exact) mass is 623 g/mol. The zero-order valence-electron chi connectivity index (χ0n) is 26.1. The SMILES string of the molecule is COc1cc(CCC(=O)[C@@H](CCO)C(=O)[C@@H]2C(C[N-]c3ccc[nH]3)=Cc3[n-]ccc3[C@@H]2CCCCc2cccc(O)c2)ccc1O. The lowest BCUT2D eigenvalue weighted by Crippen LogP contribution is -2.37. The van der Waals surface area contributed by atoms with Gasteiger partial charge in [-0.25, -0.2) is 0 Å². The van der Waals surface area contributed by atoms with E-state index in [1.807, 2.05) is 36.4 Å². The van der Waals surface area contributed by atoms with Crippen molar-refractivity contribution in [2.24, 2.45) is 11.8 Å². The first-order valence-electron chi connectivity index (χ1n) is 15.8. The number of phenols is 2. The van der Waals surface area contributed by atoms with Crippen LogP contribution in [0.25, 0.3) is 11.4 Å². The minimum absolute atomic E-state index is 0.0154. The Balaban J connectivity index is 1.37. The van der Waals surface area contributed by atoms with Gasteiger partial charge in [0.05, 0.1) is 13.0 Å². The van der Waals surface area contributed by atoms with Gasteiger partial charge in [-0.05, 0) is 80.0 Å². The number of carbonyl (C=O) groups excluding carboxylic acids is 2. The second kappa shape index (κ2) is 15.5. The van der Waals surface area contributed by atoms with Gasteiger partial charge in [-0.1, -0.05) is 72.0 Å². The van der Waals surface area contributed by atoms with Crippen LogP contribution in [0.4, 0.5) is 5.82 Å². The topological polar surface area (TPSA) is 148 Å². The van der Waals surface area contributed by atoms with Crippen molar-refractivity contribution in [2.75, 3.05) is 20.3 Å². The fraction of sp³-hybridized carbons (Fsp3) is 0.351. The standard InChI is InChI=1S/C37H41N3O6/c1-46-34-21-25(12-14-33(34)44)11-13-32(43)30(16-19-41)37(45)36-26(23-40-35-10-5-17-39-35)22-31-28(15-18-38-31)29(36)9-3-2-6-24-7-4-8-27(42)20-24/h4-5,7-8,10,12,14-15,17-18,20-22,29-30,36,39,41-42,44H,2-3,6,9,11,13,16,19,23H2,1H3/q-2/t29-,30+,36+/m0/s1. The summed E-state index contributed by atoms with van der Waals surface area (Å²) in [7, 11) is 1.47. The van der Waals surface area contributed by atoms with Crippen molar-refractivity contribution in [1.29, 1.82) is 0 Å². The number of ketones is 2. The highest BCUT2D eigenvalue weighted by Gasteiger charge is 2.39.